The smallest absolute Gasteiger partial charge is 0.459 e. The number of ether oxygens (including phenoxy) is 2. The van der Waals surface area contributed by atoms with Crippen molar-refractivity contribution in [3.8, 4) is 5.75 Å². The number of para-hydroxylation sites is 1. The second-order valence-electron chi connectivity index (χ2n) is 8.67. The first-order valence-corrected chi connectivity index (χ1v) is 13.5. The molecule has 0 bridgehead atoms. The Morgan fingerprint density at radius 1 is 1.31 bits per heavy atom. The molecule has 10 nitrogen and oxygen atoms in total. The molecular formula is C22H29FN3O7PS2. The fourth-order valence-electron chi connectivity index (χ4n) is 3.47. The maximum Gasteiger partial charge on any atom is 0.459 e. The Morgan fingerprint density at radius 2 is 1.97 bits per heavy atom. The van der Waals surface area contributed by atoms with Crippen molar-refractivity contribution < 1.29 is 37.4 Å². The molecule has 36 heavy (non-hydrogen) atoms. The van der Waals surface area contributed by atoms with Gasteiger partial charge in [0.05, 0.1) is 12.7 Å². The summed E-state index contributed by atoms with van der Waals surface area (Å²) in [6, 6.07) is 8.59. The molecular weight excluding hydrogens is 532 g/mol. The minimum atomic E-state index is -4.23. The Hall–Kier alpha value is -1.99. The number of H-pyrrole nitrogens is 1. The van der Waals surface area contributed by atoms with Crippen LogP contribution in [0.1, 0.15) is 33.9 Å². The van der Waals surface area contributed by atoms with E-state index in [9.17, 15) is 14.5 Å². The summed E-state index contributed by atoms with van der Waals surface area (Å²) >= 11 is 10.2. The summed E-state index contributed by atoms with van der Waals surface area (Å²) in [6.45, 7) is 5.42. The molecule has 14 heteroatoms. The van der Waals surface area contributed by atoms with Gasteiger partial charge in [0.1, 0.15) is 28.6 Å². The van der Waals surface area contributed by atoms with E-state index in [2.05, 4.69) is 10.1 Å². The van der Waals surface area contributed by atoms with Gasteiger partial charge in [-0.15, -0.1) is 0 Å². The second-order valence-corrected chi connectivity index (χ2v) is 11.2. The molecule has 0 saturated carbocycles. The Labute approximate surface area is 218 Å². The number of benzene rings is 1. The Kier molecular flexibility index (Phi) is 9.20. The Balaban J connectivity index is 1.80. The van der Waals surface area contributed by atoms with Gasteiger partial charge in [-0.2, -0.15) is 5.09 Å². The average Bonchev–Trinajstić information content (AvgIpc) is 3.01. The van der Waals surface area contributed by atoms with Gasteiger partial charge < -0.3 is 24.1 Å². The molecule has 3 N–H and O–H groups in total. The zero-order chi connectivity index (χ0) is 26.7. The van der Waals surface area contributed by atoms with Gasteiger partial charge in [0.25, 0.3) is 0 Å². The van der Waals surface area contributed by atoms with Crippen molar-refractivity contribution in [3.05, 3.63) is 52.0 Å². The zero-order valence-corrected chi connectivity index (χ0v) is 22.6. The summed E-state index contributed by atoms with van der Waals surface area (Å²) in [6.07, 6.45) is -3.17. The van der Waals surface area contributed by atoms with Crippen LogP contribution in [0.15, 0.2) is 42.6 Å². The van der Waals surface area contributed by atoms with Crippen molar-refractivity contribution in [2.75, 3.05) is 6.61 Å². The molecule has 1 saturated heterocycles. The number of aliphatic hydroxyl groups excluding tert-OH is 1. The highest BCUT2D eigenvalue weighted by molar-refractivity contribution is 7.72. The minimum absolute atomic E-state index is 0.0994. The van der Waals surface area contributed by atoms with Crippen LogP contribution in [0.3, 0.4) is 0 Å². The molecule has 0 radical (unpaired) electrons. The van der Waals surface area contributed by atoms with Crippen LogP contribution in [0.25, 0.3) is 0 Å². The van der Waals surface area contributed by atoms with E-state index < -0.39 is 56.6 Å². The van der Waals surface area contributed by atoms with E-state index in [1.165, 1.54) is 23.8 Å². The van der Waals surface area contributed by atoms with Crippen LogP contribution in [0.5, 0.6) is 5.75 Å². The number of aliphatic hydroxyl groups is 1. The summed E-state index contributed by atoms with van der Waals surface area (Å²) in [4.78, 5) is 15.0. The highest BCUT2D eigenvalue weighted by Gasteiger charge is 2.55. The normalized spacial score (nSPS) is 26.4. The number of alkyl halides is 1. The van der Waals surface area contributed by atoms with Crippen molar-refractivity contribution >= 4 is 38.2 Å². The third kappa shape index (κ3) is 6.86. The van der Waals surface area contributed by atoms with Crippen molar-refractivity contribution in [1.29, 1.82) is 0 Å². The second kappa shape index (κ2) is 11.6. The van der Waals surface area contributed by atoms with Crippen LogP contribution in [-0.2, 0) is 23.4 Å². The molecule has 1 aliphatic rings. The molecule has 1 fully saturated rings. The molecule has 0 spiro atoms. The number of esters is 1. The van der Waals surface area contributed by atoms with E-state index >= 15 is 4.39 Å². The molecule has 6 atom stereocenters. The summed E-state index contributed by atoms with van der Waals surface area (Å²) in [5, 5.41) is 13.2. The van der Waals surface area contributed by atoms with Gasteiger partial charge in [-0.25, -0.2) is 8.96 Å². The fourth-order valence-corrected chi connectivity index (χ4v) is 5.46. The molecule has 1 aliphatic heterocycles. The molecule has 1 aromatic carbocycles. The van der Waals surface area contributed by atoms with E-state index in [4.69, 9.17) is 43.0 Å². The molecule has 3 rings (SSSR count). The number of halogens is 1. The molecule has 198 valence electrons. The van der Waals surface area contributed by atoms with Crippen molar-refractivity contribution in [3.63, 3.8) is 0 Å². The van der Waals surface area contributed by atoms with Crippen LogP contribution >= 0.6 is 32.2 Å². The number of aromatic amines is 1. The quantitative estimate of drug-likeness (QED) is 0.219. The van der Waals surface area contributed by atoms with Crippen LogP contribution in [0.2, 0.25) is 0 Å². The van der Waals surface area contributed by atoms with Gasteiger partial charge in [0, 0.05) is 6.20 Å². The topological polar surface area (TPSA) is 124 Å². The predicted molar refractivity (Wildman–Crippen MR) is 134 cm³/mol. The monoisotopic (exact) mass is 561 g/mol. The average molecular weight is 562 g/mol. The summed E-state index contributed by atoms with van der Waals surface area (Å²) in [5.41, 5.74) is -2.28. The highest BCUT2D eigenvalue weighted by atomic mass is 32.1. The lowest BCUT2D eigenvalue weighted by atomic mass is 9.99. The zero-order valence-electron chi connectivity index (χ0n) is 20.1. The third-order valence-electron chi connectivity index (χ3n) is 5.26. The van der Waals surface area contributed by atoms with Crippen LogP contribution < -0.4 is 9.61 Å². The third-order valence-corrected chi connectivity index (χ3v) is 7.45. The molecule has 2 unspecified atom stereocenters. The van der Waals surface area contributed by atoms with E-state index in [1.54, 1.807) is 44.2 Å². The van der Waals surface area contributed by atoms with Crippen LogP contribution in [-0.4, -0.2) is 57.3 Å². The number of rotatable bonds is 10. The van der Waals surface area contributed by atoms with Crippen molar-refractivity contribution in [2.24, 2.45) is 0 Å². The standard InChI is InChI=1S/C22H29FN3O7PS2/c1-13(2)31-19(28)14(3)25-34(29,33-15-8-6-5-7-9-15)30-12-16-18(27)22(4,23)20(32-16)26-11-10-17(35)24-21(26)36/h5-11,13-14,16,18,20,27H,12H2,1-4H3,(H,25,29)(H,24,35,36)/t14-,16+,18?,20+,22+,34?/m0/s1. The van der Waals surface area contributed by atoms with Crippen molar-refractivity contribution in [1.82, 2.24) is 14.6 Å². The van der Waals surface area contributed by atoms with E-state index in [0.717, 1.165) is 6.92 Å². The van der Waals surface area contributed by atoms with Crippen LogP contribution in [0, 0.1) is 9.41 Å². The predicted octanol–water partition coefficient (Wildman–Crippen LogP) is 4.40. The number of carbonyl (C=O) groups excluding carboxylic acids is 1. The fraction of sp³-hybridized carbons (Fsp3) is 0.500. The number of nitrogens with zero attached hydrogens (tertiary/aromatic N) is 1. The number of hydrogen-bond acceptors (Lipinski definition) is 9. The molecule has 2 aromatic rings. The largest absolute Gasteiger partial charge is 0.462 e. The number of carbonyl (C=O) groups is 1. The van der Waals surface area contributed by atoms with Gasteiger partial charge in [-0.3, -0.25) is 13.9 Å². The molecule has 0 amide bonds. The summed E-state index contributed by atoms with van der Waals surface area (Å²) in [5.74, 6) is -0.473. The van der Waals surface area contributed by atoms with E-state index in [0.29, 0.717) is 4.64 Å². The number of hydrogen-bond donors (Lipinski definition) is 3. The van der Waals surface area contributed by atoms with Crippen LogP contribution in [0.4, 0.5) is 4.39 Å². The summed E-state index contributed by atoms with van der Waals surface area (Å²) < 4.78 is 52.9. The molecule has 1 aromatic heterocycles. The maximum absolute atomic E-state index is 15.6. The van der Waals surface area contributed by atoms with Crippen molar-refractivity contribution in [2.45, 2.75) is 63.9 Å². The van der Waals surface area contributed by atoms with E-state index in [1.807, 2.05) is 0 Å². The SMILES string of the molecule is CC(C)OC(=O)[C@H](C)NP(=O)(OC[C@H]1O[C@@H](n2ccc(=S)[nH]c2=S)[C@](C)(F)C1O)Oc1ccccc1. The minimum Gasteiger partial charge on any atom is -0.462 e. The Morgan fingerprint density at radius 3 is 2.58 bits per heavy atom. The lowest BCUT2D eigenvalue weighted by molar-refractivity contribution is -0.149. The molecule has 2 heterocycles. The van der Waals surface area contributed by atoms with Gasteiger partial charge >= 0.3 is 13.7 Å². The first-order chi connectivity index (χ1) is 16.8. The first-order valence-electron chi connectivity index (χ1n) is 11.1. The Bertz CT molecular complexity index is 1220. The molecule has 0 aliphatic carbocycles. The maximum atomic E-state index is 15.6. The van der Waals surface area contributed by atoms with Gasteiger partial charge in [-0.1, -0.05) is 30.4 Å². The number of nitrogens with one attached hydrogen (secondary N) is 2. The highest BCUT2D eigenvalue weighted by Crippen LogP contribution is 2.47. The van der Waals surface area contributed by atoms with Gasteiger partial charge in [-0.05, 0) is 58.1 Å². The van der Waals surface area contributed by atoms with Gasteiger partial charge in [0.2, 0.25) is 0 Å². The summed E-state index contributed by atoms with van der Waals surface area (Å²) in [7, 11) is -4.23. The first kappa shape index (κ1) is 28.6. The lowest BCUT2D eigenvalue weighted by Gasteiger charge is -2.25. The van der Waals surface area contributed by atoms with E-state index in [-0.39, 0.29) is 10.5 Å². The number of aromatic nitrogens is 2. The lowest BCUT2D eigenvalue weighted by Crippen LogP contribution is -2.41. The van der Waals surface area contributed by atoms with Gasteiger partial charge in [0.15, 0.2) is 16.7 Å².